The number of hydrogen-bond donors (Lipinski definition) is 2. The second-order valence-electron chi connectivity index (χ2n) is 3.95. The van der Waals surface area contributed by atoms with E-state index in [1.807, 2.05) is 21.1 Å². The van der Waals surface area contributed by atoms with Gasteiger partial charge < -0.3 is 15.5 Å². The van der Waals surface area contributed by atoms with E-state index >= 15 is 0 Å². The molecule has 5 nitrogen and oxygen atoms in total. The van der Waals surface area contributed by atoms with E-state index in [1.165, 1.54) is 0 Å². The van der Waals surface area contributed by atoms with Crippen LogP contribution >= 0.6 is 15.9 Å². The van der Waals surface area contributed by atoms with Crippen molar-refractivity contribution in [3.63, 3.8) is 0 Å². The summed E-state index contributed by atoms with van der Waals surface area (Å²) >= 11 is 3.29. The molecule has 0 aliphatic carbocycles. The molecule has 16 heavy (non-hydrogen) atoms. The minimum absolute atomic E-state index is 0.317. The number of anilines is 2. The van der Waals surface area contributed by atoms with Crippen LogP contribution in [0.3, 0.4) is 0 Å². The van der Waals surface area contributed by atoms with Crippen LogP contribution in [-0.4, -0.2) is 48.6 Å². The summed E-state index contributed by atoms with van der Waals surface area (Å²) in [7, 11) is 5.92. The summed E-state index contributed by atoms with van der Waals surface area (Å²) in [6, 6.07) is 0.317. The highest BCUT2D eigenvalue weighted by Gasteiger charge is 2.09. The first-order valence-electron chi connectivity index (χ1n) is 5.14. The Kier molecular flexibility index (Phi) is 4.95. The SMILES string of the molecule is CNc1nc(Br)cnc1NC(C)CN(C)C. The molecule has 0 bridgehead atoms. The van der Waals surface area contributed by atoms with E-state index in [1.54, 1.807) is 6.20 Å². The van der Waals surface area contributed by atoms with E-state index in [9.17, 15) is 0 Å². The third-order valence-electron chi connectivity index (χ3n) is 2.00. The Hall–Kier alpha value is -0.880. The van der Waals surface area contributed by atoms with Gasteiger partial charge in [0.1, 0.15) is 4.60 Å². The molecule has 1 aromatic rings. The van der Waals surface area contributed by atoms with Crippen LogP contribution in [0.2, 0.25) is 0 Å². The summed E-state index contributed by atoms with van der Waals surface area (Å²) < 4.78 is 0.725. The second kappa shape index (κ2) is 6.00. The Balaban J connectivity index is 2.72. The van der Waals surface area contributed by atoms with Crippen LogP contribution in [0.4, 0.5) is 11.6 Å². The third-order valence-corrected chi connectivity index (χ3v) is 2.38. The highest BCUT2D eigenvalue weighted by molar-refractivity contribution is 9.10. The maximum atomic E-state index is 4.29. The van der Waals surface area contributed by atoms with Gasteiger partial charge in [-0.3, -0.25) is 0 Å². The van der Waals surface area contributed by atoms with Crippen LogP contribution in [0.15, 0.2) is 10.8 Å². The van der Waals surface area contributed by atoms with Crippen LogP contribution in [0.5, 0.6) is 0 Å². The van der Waals surface area contributed by atoms with Crippen molar-refractivity contribution in [1.29, 1.82) is 0 Å². The van der Waals surface area contributed by atoms with Crippen LogP contribution < -0.4 is 10.6 Å². The second-order valence-corrected chi connectivity index (χ2v) is 4.76. The number of rotatable bonds is 5. The fraction of sp³-hybridized carbons (Fsp3) is 0.600. The zero-order chi connectivity index (χ0) is 12.1. The van der Waals surface area contributed by atoms with E-state index in [0.717, 1.165) is 22.8 Å². The Bertz CT molecular complexity index is 342. The molecule has 1 aromatic heterocycles. The van der Waals surface area contributed by atoms with Gasteiger partial charge in [-0.1, -0.05) is 0 Å². The van der Waals surface area contributed by atoms with Gasteiger partial charge in [0.2, 0.25) is 0 Å². The molecular weight excluding hydrogens is 270 g/mol. The van der Waals surface area contributed by atoms with Crippen molar-refractivity contribution in [2.45, 2.75) is 13.0 Å². The van der Waals surface area contributed by atoms with Crippen molar-refractivity contribution in [2.75, 3.05) is 38.3 Å². The summed E-state index contributed by atoms with van der Waals surface area (Å²) in [4.78, 5) is 10.7. The number of hydrogen-bond acceptors (Lipinski definition) is 5. The topological polar surface area (TPSA) is 53.1 Å². The number of aromatic nitrogens is 2. The lowest BCUT2D eigenvalue weighted by Gasteiger charge is -2.19. The molecule has 0 radical (unpaired) electrons. The summed E-state index contributed by atoms with van der Waals surface area (Å²) in [5, 5.41) is 6.34. The average Bonchev–Trinajstić information content (AvgIpc) is 2.19. The lowest BCUT2D eigenvalue weighted by atomic mass is 10.3. The van der Waals surface area contributed by atoms with Gasteiger partial charge in [0.25, 0.3) is 0 Å². The fourth-order valence-corrected chi connectivity index (χ4v) is 1.75. The quantitative estimate of drug-likeness (QED) is 0.862. The van der Waals surface area contributed by atoms with Crippen molar-refractivity contribution < 1.29 is 0 Å². The number of halogens is 1. The molecule has 0 aliphatic heterocycles. The van der Waals surface area contributed by atoms with Gasteiger partial charge in [0.05, 0.1) is 6.20 Å². The molecule has 2 N–H and O–H groups in total. The molecular formula is C10H18BrN5. The van der Waals surface area contributed by atoms with Gasteiger partial charge >= 0.3 is 0 Å². The maximum absolute atomic E-state index is 4.29. The monoisotopic (exact) mass is 287 g/mol. The standard InChI is InChI=1S/C10H18BrN5/c1-7(6-16(3)4)14-10-9(12-2)15-8(11)5-13-10/h5,7H,6H2,1-4H3,(H,12,15)(H,13,14). The van der Waals surface area contributed by atoms with Gasteiger partial charge in [-0.2, -0.15) is 0 Å². The fourth-order valence-electron chi connectivity index (χ4n) is 1.47. The van der Waals surface area contributed by atoms with E-state index in [-0.39, 0.29) is 0 Å². The third kappa shape index (κ3) is 3.94. The molecule has 0 spiro atoms. The van der Waals surface area contributed by atoms with Crippen molar-refractivity contribution in [3.8, 4) is 0 Å². The number of likely N-dealkylation sites (N-methyl/N-ethyl adjacent to an activating group) is 1. The normalized spacial score (nSPS) is 12.6. The predicted octanol–water partition coefficient (Wildman–Crippen LogP) is 1.64. The molecule has 1 atom stereocenters. The minimum Gasteiger partial charge on any atom is -0.370 e. The lowest BCUT2D eigenvalue weighted by molar-refractivity contribution is 0.392. The Morgan fingerprint density at radius 1 is 1.44 bits per heavy atom. The summed E-state index contributed by atoms with van der Waals surface area (Å²) in [6.07, 6.45) is 1.69. The minimum atomic E-state index is 0.317. The van der Waals surface area contributed by atoms with E-state index in [4.69, 9.17) is 0 Å². The van der Waals surface area contributed by atoms with E-state index in [2.05, 4.69) is 48.4 Å². The highest BCUT2D eigenvalue weighted by atomic mass is 79.9. The molecule has 1 unspecified atom stereocenters. The number of nitrogens with one attached hydrogen (secondary N) is 2. The summed E-state index contributed by atoms with van der Waals surface area (Å²) in [5.74, 6) is 1.53. The molecule has 90 valence electrons. The Morgan fingerprint density at radius 2 is 2.12 bits per heavy atom. The average molecular weight is 288 g/mol. The van der Waals surface area contributed by atoms with Gasteiger partial charge in [-0.25, -0.2) is 9.97 Å². The van der Waals surface area contributed by atoms with Gasteiger partial charge in [0, 0.05) is 19.6 Å². The largest absolute Gasteiger partial charge is 0.370 e. The lowest BCUT2D eigenvalue weighted by Crippen LogP contribution is -2.30. The molecule has 0 aromatic carbocycles. The van der Waals surface area contributed by atoms with Crippen LogP contribution in [-0.2, 0) is 0 Å². The molecule has 0 saturated heterocycles. The molecule has 0 amide bonds. The van der Waals surface area contributed by atoms with E-state index < -0.39 is 0 Å². The van der Waals surface area contributed by atoms with E-state index in [0.29, 0.717) is 6.04 Å². The first-order chi connectivity index (χ1) is 7.52. The molecule has 1 heterocycles. The zero-order valence-corrected chi connectivity index (χ0v) is 11.7. The highest BCUT2D eigenvalue weighted by Crippen LogP contribution is 2.18. The maximum Gasteiger partial charge on any atom is 0.170 e. The molecule has 6 heteroatoms. The van der Waals surface area contributed by atoms with Crippen molar-refractivity contribution >= 4 is 27.6 Å². The zero-order valence-electron chi connectivity index (χ0n) is 10.1. The first-order valence-corrected chi connectivity index (χ1v) is 5.93. The Labute approximate surface area is 105 Å². The van der Waals surface area contributed by atoms with Crippen molar-refractivity contribution in [1.82, 2.24) is 14.9 Å². The van der Waals surface area contributed by atoms with Gasteiger partial charge in [-0.05, 0) is 36.9 Å². The van der Waals surface area contributed by atoms with Crippen molar-refractivity contribution in [3.05, 3.63) is 10.8 Å². The molecule has 0 fully saturated rings. The Morgan fingerprint density at radius 3 is 2.69 bits per heavy atom. The van der Waals surface area contributed by atoms with Crippen LogP contribution in [0, 0.1) is 0 Å². The smallest absolute Gasteiger partial charge is 0.170 e. The van der Waals surface area contributed by atoms with Crippen molar-refractivity contribution in [2.24, 2.45) is 0 Å². The molecule has 0 aliphatic rings. The summed E-state index contributed by atoms with van der Waals surface area (Å²) in [5.41, 5.74) is 0. The van der Waals surface area contributed by atoms with Crippen LogP contribution in [0.1, 0.15) is 6.92 Å². The molecule has 0 saturated carbocycles. The van der Waals surface area contributed by atoms with Gasteiger partial charge in [-0.15, -0.1) is 0 Å². The summed E-state index contributed by atoms with van der Waals surface area (Å²) in [6.45, 7) is 3.06. The van der Waals surface area contributed by atoms with Gasteiger partial charge in [0.15, 0.2) is 11.6 Å². The molecule has 1 rings (SSSR count). The van der Waals surface area contributed by atoms with Crippen LogP contribution in [0.25, 0.3) is 0 Å². The number of nitrogens with zero attached hydrogens (tertiary/aromatic N) is 3. The first kappa shape index (κ1) is 13.2. The predicted molar refractivity (Wildman–Crippen MR) is 70.9 cm³/mol.